The maximum atomic E-state index is 14.0. The molecule has 2 fully saturated rings. The Morgan fingerprint density at radius 2 is 1.61 bits per heavy atom. The van der Waals surface area contributed by atoms with E-state index in [0.717, 1.165) is 0 Å². The number of anilines is 1. The fraction of sp³-hybridized carbons (Fsp3) is 0.647. The minimum absolute atomic E-state index is 0.0394. The number of hydrogen-bond acceptors (Lipinski definition) is 7. The molecule has 0 spiro atoms. The fourth-order valence-corrected chi connectivity index (χ4v) is 6.15. The molecule has 1 unspecified atom stereocenters. The Morgan fingerprint density at radius 1 is 0.978 bits per heavy atom. The summed E-state index contributed by atoms with van der Waals surface area (Å²) in [5, 5.41) is 10.7. The lowest BCUT2D eigenvalue weighted by Gasteiger charge is -2.38. The van der Waals surface area contributed by atoms with Crippen molar-refractivity contribution in [3.8, 4) is 0 Å². The smallest absolute Gasteiger partial charge is 0.408 e. The standard InChI is InChI=1S/C34H51N5O7/c1-10-14-22(26(41)29(43)35-18-17-23(40)36-20-15-12-11-13-16-20)37-28(42)25-24-21(34(24,8)9)19-39(25)30(44)27(32(2,3)4)38-31(45)46-33(5,6)7/h11-13,15-16,21-22,24-25,27H,10,14,17-19H2,1-9H3,(H,35,43)(H,36,40)(H,37,42)(H,38,45)/t21-,22?,24-,25-,27+/m0/s1. The number of carbonyl (C=O) groups excluding carboxylic acids is 6. The highest BCUT2D eigenvalue weighted by molar-refractivity contribution is 6.38. The van der Waals surface area contributed by atoms with E-state index < -0.39 is 58.7 Å². The molecule has 12 nitrogen and oxygen atoms in total. The largest absolute Gasteiger partial charge is 0.444 e. The zero-order valence-corrected chi connectivity index (χ0v) is 28.6. The molecule has 1 aromatic carbocycles. The third-order valence-electron chi connectivity index (χ3n) is 8.66. The van der Waals surface area contributed by atoms with Gasteiger partial charge in [-0.25, -0.2) is 4.79 Å². The summed E-state index contributed by atoms with van der Waals surface area (Å²) >= 11 is 0. The van der Waals surface area contributed by atoms with E-state index in [-0.39, 0.29) is 42.5 Å². The molecule has 1 saturated heterocycles. The van der Waals surface area contributed by atoms with Gasteiger partial charge in [0.15, 0.2) is 0 Å². The maximum absolute atomic E-state index is 14.0. The molecule has 0 aromatic heterocycles. The van der Waals surface area contributed by atoms with Crippen LogP contribution < -0.4 is 21.3 Å². The zero-order chi connectivity index (χ0) is 34.6. The average Bonchev–Trinajstić information content (AvgIpc) is 3.26. The highest BCUT2D eigenvalue weighted by Crippen LogP contribution is 2.65. The molecule has 0 radical (unpaired) electrons. The summed E-state index contributed by atoms with van der Waals surface area (Å²) < 4.78 is 5.41. The van der Waals surface area contributed by atoms with Gasteiger partial charge in [-0.3, -0.25) is 24.0 Å². The summed E-state index contributed by atoms with van der Waals surface area (Å²) in [4.78, 5) is 80.4. The van der Waals surface area contributed by atoms with Crippen LogP contribution in [0.4, 0.5) is 10.5 Å². The van der Waals surface area contributed by atoms with Crippen LogP contribution in [0.25, 0.3) is 0 Å². The first-order valence-corrected chi connectivity index (χ1v) is 16.0. The minimum Gasteiger partial charge on any atom is -0.444 e. The van der Waals surface area contributed by atoms with E-state index in [1.165, 1.54) is 4.90 Å². The number of likely N-dealkylation sites (tertiary alicyclic amines) is 1. The topological polar surface area (TPSA) is 163 Å². The lowest BCUT2D eigenvalue weighted by molar-refractivity contribution is -0.145. The Kier molecular flexibility index (Phi) is 11.3. The average molecular weight is 642 g/mol. The predicted octanol–water partition coefficient (Wildman–Crippen LogP) is 3.41. The molecule has 5 amide bonds. The van der Waals surface area contributed by atoms with Gasteiger partial charge in [0.25, 0.3) is 5.91 Å². The summed E-state index contributed by atoms with van der Waals surface area (Å²) in [6.07, 6.45) is -0.0403. The van der Waals surface area contributed by atoms with Gasteiger partial charge in [0.05, 0.1) is 6.04 Å². The van der Waals surface area contributed by atoms with E-state index in [2.05, 4.69) is 21.3 Å². The molecule has 1 heterocycles. The van der Waals surface area contributed by atoms with E-state index in [0.29, 0.717) is 18.7 Å². The van der Waals surface area contributed by atoms with Gasteiger partial charge in [-0.05, 0) is 62.0 Å². The maximum Gasteiger partial charge on any atom is 0.408 e. The van der Waals surface area contributed by atoms with Gasteiger partial charge in [0.2, 0.25) is 23.5 Å². The van der Waals surface area contributed by atoms with Gasteiger partial charge >= 0.3 is 6.09 Å². The molecule has 0 bridgehead atoms. The lowest BCUT2D eigenvalue weighted by Crippen LogP contribution is -2.60. The number of fused-ring (bicyclic) bond motifs is 1. The van der Waals surface area contributed by atoms with E-state index in [1.807, 2.05) is 47.6 Å². The van der Waals surface area contributed by atoms with E-state index in [9.17, 15) is 28.8 Å². The second-order valence-electron chi connectivity index (χ2n) is 15.0. The van der Waals surface area contributed by atoms with Crippen molar-refractivity contribution in [3.63, 3.8) is 0 Å². The van der Waals surface area contributed by atoms with Gasteiger partial charge in [-0.1, -0.05) is 66.2 Å². The van der Waals surface area contributed by atoms with Crippen molar-refractivity contribution in [2.45, 2.75) is 105 Å². The first kappa shape index (κ1) is 36.5. The normalized spacial score (nSPS) is 21.2. The molecular formula is C34H51N5O7. The van der Waals surface area contributed by atoms with Crippen molar-refractivity contribution >= 4 is 41.2 Å². The number of nitrogens with one attached hydrogen (secondary N) is 4. The van der Waals surface area contributed by atoms with Crippen molar-refractivity contribution in [1.29, 1.82) is 0 Å². The number of ether oxygens (including phenoxy) is 1. The van der Waals surface area contributed by atoms with Crippen LogP contribution in [0.2, 0.25) is 0 Å². The second kappa shape index (κ2) is 14.2. The SMILES string of the molecule is CCCC(NC(=O)[C@@H]1[C@@H]2[C@H](CN1C(=O)[C@@H](NC(=O)OC(C)(C)C)C(C)(C)C)C2(C)C)C(=O)C(=O)NCCC(=O)Nc1ccccc1. The summed E-state index contributed by atoms with van der Waals surface area (Å²) in [5.41, 5.74) is -1.04. The van der Waals surface area contributed by atoms with Crippen LogP contribution in [0, 0.1) is 22.7 Å². The molecule has 3 rings (SSSR count). The molecule has 1 saturated carbocycles. The number of alkyl carbamates (subject to hydrolysis) is 1. The third kappa shape index (κ3) is 9.07. The Bertz CT molecular complexity index is 1320. The summed E-state index contributed by atoms with van der Waals surface area (Å²) in [5.74, 6) is -3.04. The van der Waals surface area contributed by atoms with E-state index in [1.54, 1.807) is 45.0 Å². The van der Waals surface area contributed by atoms with Gasteiger partial charge < -0.3 is 30.9 Å². The number of carbonyl (C=O) groups is 6. The zero-order valence-electron chi connectivity index (χ0n) is 28.6. The molecular weight excluding hydrogens is 590 g/mol. The van der Waals surface area contributed by atoms with Gasteiger partial charge in [-0.15, -0.1) is 0 Å². The van der Waals surface area contributed by atoms with Crippen molar-refractivity contribution in [1.82, 2.24) is 20.9 Å². The highest BCUT2D eigenvalue weighted by atomic mass is 16.6. The number of nitrogens with zero attached hydrogens (tertiary/aromatic N) is 1. The van der Waals surface area contributed by atoms with Crippen molar-refractivity contribution < 1.29 is 33.5 Å². The molecule has 46 heavy (non-hydrogen) atoms. The van der Waals surface area contributed by atoms with E-state index in [4.69, 9.17) is 4.74 Å². The Balaban J connectivity index is 1.69. The number of piperidine rings is 1. The molecule has 4 N–H and O–H groups in total. The van der Waals surface area contributed by atoms with Crippen LogP contribution in [-0.2, 0) is 28.7 Å². The molecule has 1 aliphatic heterocycles. The van der Waals surface area contributed by atoms with Gasteiger partial charge in [0, 0.05) is 25.2 Å². The van der Waals surface area contributed by atoms with Gasteiger partial charge in [0.1, 0.15) is 17.7 Å². The molecule has 5 atom stereocenters. The Hall–Kier alpha value is -3.96. The third-order valence-corrected chi connectivity index (χ3v) is 8.66. The summed E-state index contributed by atoms with van der Waals surface area (Å²) in [6, 6.07) is 5.91. The predicted molar refractivity (Wildman–Crippen MR) is 173 cm³/mol. The van der Waals surface area contributed by atoms with Crippen LogP contribution >= 0.6 is 0 Å². The number of hydrogen-bond donors (Lipinski definition) is 4. The first-order valence-electron chi connectivity index (χ1n) is 16.0. The number of amides is 5. The second-order valence-corrected chi connectivity index (χ2v) is 15.0. The summed E-state index contributed by atoms with van der Waals surface area (Å²) in [7, 11) is 0. The van der Waals surface area contributed by atoms with Crippen molar-refractivity contribution in [2.24, 2.45) is 22.7 Å². The Labute approximate surface area is 272 Å². The van der Waals surface area contributed by atoms with Gasteiger partial charge in [-0.2, -0.15) is 0 Å². The minimum atomic E-state index is -1.10. The van der Waals surface area contributed by atoms with Crippen molar-refractivity contribution in [2.75, 3.05) is 18.4 Å². The lowest BCUT2D eigenvalue weighted by atomic mass is 9.85. The van der Waals surface area contributed by atoms with Crippen LogP contribution in [0.5, 0.6) is 0 Å². The molecule has 2 aliphatic rings. The van der Waals surface area contributed by atoms with Crippen LogP contribution in [0.3, 0.4) is 0 Å². The van der Waals surface area contributed by atoms with Crippen LogP contribution in [0.15, 0.2) is 30.3 Å². The number of Topliss-reactive ketones (excluding diaryl/α,β-unsaturated/α-hetero) is 1. The molecule has 1 aromatic rings. The number of para-hydroxylation sites is 1. The van der Waals surface area contributed by atoms with E-state index >= 15 is 0 Å². The summed E-state index contributed by atoms with van der Waals surface area (Å²) in [6.45, 7) is 16.8. The first-order chi connectivity index (χ1) is 21.3. The molecule has 12 heteroatoms. The molecule has 1 aliphatic carbocycles. The number of ketones is 1. The molecule has 254 valence electrons. The Morgan fingerprint density at radius 3 is 2.17 bits per heavy atom. The quantitative estimate of drug-likeness (QED) is 0.254. The van der Waals surface area contributed by atoms with Crippen LogP contribution in [-0.4, -0.2) is 77.2 Å². The van der Waals surface area contributed by atoms with Crippen molar-refractivity contribution in [3.05, 3.63) is 30.3 Å². The van der Waals surface area contributed by atoms with Crippen LogP contribution in [0.1, 0.15) is 81.6 Å². The number of rotatable bonds is 12. The highest BCUT2D eigenvalue weighted by Gasteiger charge is 2.70. The fourth-order valence-electron chi connectivity index (χ4n) is 6.15. The number of benzene rings is 1. The monoisotopic (exact) mass is 641 g/mol.